The molecule has 0 radical (unpaired) electrons. The number of aliphatic hydroxyl groups is 1. The van der Waals surface area contributed by atoms with Gasteiger partial charge >= 0.3 is 0 Å². The van der Waals surface area contributed by atoms with E-state index >= 15 is 0 Å². The Labute approximate surface area is 214 Å². The second-order valence-electron chi connectivity index (χ2n) is 10.2. The third kappa shape index (κ3) is 28.1. The second kappa shape index (κ2) is 30.9. The van der Waals surface area contributed by atoms with Crippen LogP contribution in [-0.4, -0.2) is 62.7 Å². The Kier molecular flexibility index (Phi) is 30.7. The van der Waals surface area contributed by atoms with E-state index in [1.807, 2.05) is 0 Å². The normalized spacial score (nSPS) is 11.6. The van der Waals surface area contributed by atoms with Crippen molar-refractivity contribution in [1.82, 2.24) is 4.90 Å². The first-order chi connectivity index (χ1) is 16.8. The molecule has 1 N–H and O–H groups in total. The van der Waals surface area contributed by atoms with Gasteiger partial charge in [-0.2, -0.15) is 0 Å². The van der Waals surface area contributed by atoms with Crippen LogP contribution in [-0.2, 0) is 9.47 Å². The molecule has 0 spiro atoms. The number of hydrogen-bond donors (Lipinski definition) is 1. The summed E-state index contributed by atoms with van der Waals surface area (Å²) in [5, 5.41) is 9.32. The van der Waals surface area contributed by atoms with E-state index in [4.69, 9.17) is 9.47 Å². The van der Waals surface area contributed by atoms with Crippen molar-refractivity contribution >= 4 is 0 Å². The number of unbranched alkanes of at least 4 members (excludes halogenated alkanes) is 18. The highest BCUT2D eigenvalue weighted by Gasteiger charge is 2.04. The summed E-state index contributed by atoms with van der Waals surface area (Å²) in [4.78, 5) is 2.26. The lowest BCUT2D eigenvalue weighted by atomic mass is 10.1. The molecule has 0 aliphatic heterocycles. The molecule has 0 fully saturated rings. The Balaban J connectivity index is 3.38. The van der Waals surface area contributed by atoms with Gasteiger partial charge in [0.1, 0.15) is 0 Å². The highest BCUT2D eigenvalue weighted by molar-refractivity contribution is 4.57. The molecule has 0 aliphatic rings. The lowest BCUT2D eigenvalue weighted by molar-refractivity contribution is 0.0649. The van der Waals surface area contributed by atoms with Crippen LogP contribution in [0.25, 0.3) is 0 Å². The van der Waals surface area contributed by atoms with Crippen molar-refractivity contribution in [3.05, 3.63) is 0 Å². The van der Waals surface area contributed by atoms with Crippen molar-refractivity contribution < 1.29 is 14.6 Å². The summed E-state index contributed by atoms with van der Waals surface area (Å²) in [6.45, 7) is 10.5. The Morgan fingerprint density at radius 2 is 0.735 bits per heavy atom. The molecule has 206 valence electrons. The zero-order valence-electron chi connectivity index (χ0n) is 23.5. The molecule has 0 atom stereocenters. The fraction of sp³-hybridized carbons (Fsp3) is 1.00. The van der Waals surface area contributed by atoms with Crippen LogP contribution in [0.1, 0.15) is 142 Å². The number of hydrogen-bond acceptors (Lipinski definition) is 4. The van der Waals surface area contributed by atoms with Crippen LogP contribution in [0.2, 0.25) is 0 Å². The Bertz CT molecular complexity index is 324. The lowest BCUT2D eigenvalue weighted by Gasteiger charge is -2.21. The summed E-state index contributed by atoms with van der Waals surface area (Å²) in [6, 6.07) is 0. The summed E-state index contributed by atoms with van der Waals surface area (Å²) in [6.07, 6.45) is 27.2. The van der Waals surface area contributed by atoms with Gasteiger partial charge in [0.05, 0.1) is 19.8 Å². The molecule has 4 heteroatoms. The maximum atomic E-state index is 9.32. The molecule has 0 bridgehead atoms. The molecule has 0 aliphatic carbocycles. The van der Waals surface area contributed by atoms with Gasteiger partial charge in [-0.3, -0.25) is 4.90 Å². The predicted molar refractivity (Wildman–Crippen MR) is 149 cm³/mol. The molecule has 0 heterocycles. The van der Waals surface area contributed by atoms with Gasteiger partial charge in [0, 0.05) is 32.8 Å². The number of aliphatic hydroxyl groups excluding tert-OH is 1. The molecule has 0 saturated carbocycles. The summed E-state index contributed by atoms with van der Waals surface area (Å²) in [5.74, 6) is 0. The van der Waals surface area contributed by atoms with Gasteiger partial charge in [-0.25, -0.2) is 0 Å². The standard InChI is InChI=1S/C30H63NO3/c1-3-5-7-9-11-13-15-17-19-21-27-33-29-24-31(23-26-32)25-30-34-28-22-20-18-16-14-12-10-8-6-4-2/h32H,3-30H2,1-2H3. The Morgan fingerprint density at radius 1 is 0.412 bits per heavy atom. The molecule has 0 aromatic carbocycles. The van der Waals surface area contributed by atoms with E-state index in [1.165, 1.54) is 128 Å². The fourth-order valence-electron chi connectivity index (χ4n) is 4.45. The van der Waals surface area contributed by atoms with Crippen LogP contribution in [0.5, 0.6) is 0 Å². The van der Waals surface area contributed by atoms with E-state index in [2.05, 4.69) is 18.7 Å². The van der Waals surface area contributed by atoms with Gasteiger partial charge in [0.25, 0.3) is 0 Å². The maximum absolute atomic E-state index is 9.32. The van der Waals surface area contributed by atoms with Crippen LogP contribution in [0.15, 0.2) is 0 Å². The minimum atomic E-state index is 0.205. The van der Waals surface area contributed by atoms with Crippen molar-refractivity contribution in [3.63, 3.8) is 0 Å². The van der Waals surface area contributed by atoms with E-state index in [-0.39, 0.29) is 6.61 Å². The third-order valence-electron chi connectivity index (χ3n) is 6.80. The first-order valence-corrected chi connectivity index (χ1v) is 15.3. The predicted octanol–water partition coefficient (Wildman–Crippen LogP) is 8.16. The zero-order valence-corrected chi connectivity index (χ0v) is 23.5. The largest absolute Gasteiger partial charge is 0.395 e. The highest BCUT2D eigenvalue weighted by Crippen LogP contribution is 2.11. The second-order valence-corrected chi connectivity index (χ2v) is 10.2. The molecular weight excluding hydrogens is 422 g/mol. The van der Waals surface area contributed by atoms with E-state index in [0.717, 1.165) is 39.5 Å². The molecule has 0 aromatic rings. The third-order valence-corrected chi connectivity index (χ3v) is 6.80. The lowest BCUT2D eigenvalue weighted by Crippen LogP contribution is -2.33. The average molecular weight is 486 g/mol. The zero-order chi connectivity index (χ0) is 24.8. The van der Waals surface area contributed by atoms with Crippen LogP contribution in [0, 0.1) is 0 Å². The number of rotatable bonds is 30. The van der Waals surface area contributed by atoms with E-state index < -0.39 is 0 Å². The molecule has 4 nitrogen and oxygen atoms in total. The summed E-state index contributed by atoms with van der Waals surface area (Å²) in [5.41, 5.74) is 0. The summed E-state index contributed by atoms with van der Waals surface area (Å²) < 4.78 is 11.7. The molecule has 0 unspecified atom stereocenters. The van der Waals surface area contributed by atoms with Gasteiger partial charge in [-0.15, -0.1) is 0 Å². The molecule has 0 rings (SSSR count). The van der Waals surface area contributed by atoms with Crippen molar-refractivity contribution in [2.45, 2.75) is 142 Å². The molecule has 0 aromatic heterocycles. The minimum Gasteiger partial charge on any atom is -0.395 e. The average Bonchev–Trinajstić information content (AvgIpc) is 2.84. The van der Waals surface area contributed by atoms with Crippen LogP contribution < -0.4 is 0 Å². The smallest absolute Gasteiger partial charge is 0.0593 e. The van der Waals surface area contributed by atoms with E-state index in [0.29, 0.717) is 6.54 Å². The van der Waals surface area contributed by atoms with Crippen molar-refractivity contribution in [2.75, 3.05) is 52.7 Å². The van der Waals surface area contributed by atoms with E-state index in [1.54, 1.807) is 0 Å². The van der Waals surface area contributed by atoms with Crippen LogP contribution >= 0.6 is 0 Å². The van der Waals surface area contributed by atoms with Crippen molar-refractivity contribution in [2.24, 2.45) is 0 Å². The quantitative estimate of drug-likeness (QED) is 0.104. The fourth-order valence-corrected chi connectivity index (χ4v) is 4.45. The SMILES string of the molecule is CCCCCCCCCCCCOCCN(CCO)CCOCCCCCCCCCCCC. The van der Waals surface area contributed by atoms with Gasteiger partial charge in [-0.1, -0.05) is 129 Å². The topological polar surface area (TPSA) is 41.9 Å². The first kappa shape index (κ1) is 33.8. The van der Waals surface area contributed by atoms with Gasteiger partial charge in [0.2, 0.25) is 0 Å². The van der Waals surface area contributed by atoms with Crippen molar-refractivity contribution in [1.29, 1.82) is 0 Å². The molecule has 0 amide bonds. The van der Waals surface area contributed by atoms with Gasteiger partial charge in [0.15, 0.2) is 0 Å². The van der Waals surface area contributed by atoms with Crippen LogP contribution in [0.4, 0.5) is 0 Å². The molecule has 34 heavy (non-hydrogen) atoms. The van der Waals surface area contributed by atoms with Crippen LogP contribution in [0.3, 0.4) is 0 Å². The van der Waals surface area contributed by atoms with E-state index in [9.17, 15) is 5.11 Å². The monoisotopic (exact) mass is 485 g/mol. The minimum absolute atomic E-state index is 0.205. The first-order valence-electron chi connectivity index (χ1n) is 15.3. The number of nitrogens with zero attached hydrogens (tertiary/aromatic N) is 1. The Hall–Kier alpha value is -0.160. The maximum Gasteiger partial charge on any atom is 0.0593 e. The van der Waals surface area contributed by atoms with Crippen molar-refractivity contribution in [3.8, 4) is 0 Å². The molecular formula is C30H63NO3. The summed E-state index contributed by atoms with van der Waals surface area (Å²) in [7, 11) is 0. The number of ether oxygens (including phenoxy) is 2. The van der Waals surface area contributed by atoms with Gasteiger partial charge in [-0.05, 0) is 12.8 Å². The summed E-state index contributed by atoms with van der Waals surface area (Å²) >= 11 is 0. The van der Waals surface area contributed by atoms with Gasteiger partial charge < -0.3 is 14.6 Å². The molecule has 0 saturated heterocycles. The Morgan fingerprint density at radius 3 is 1.06 bits per heavy atom. The highest BCUT2D eigenvalue weighted by atomic mass is 16.5.